The van der Waals surface area contributed by atoms with Gasteiger partial charge in [-0.25, -0.2) is 14.5 Å². The van der Waals surface area contributed by atoms with Gasteiger partial charge in [-0.05, 0) is 24.3 Å². The molecule has 0 amide bonds. The van der Waals surface area contributed by atoms with Crippen molar-refractivity contribution in [1.29, 1.82) is 0 Å². The molecule has 3 heterocycles. The van der Waals surface area contributed by atoms with Gasteiger partial charge in [-0.1, -0.05) is 0 Å². The predicted molar refractivity (Wildman–Crippen MR) is 83.5 cm³/mol. The summed E-state index contributed by atoms with van der Waals surface area (Å²) in [5.74, 6) is 0.577. The van der Waals surface area contributed by atoms with E-state index in [1.54, 1.807) is 35.2 Å². The fourth-order valence-corrected chi connectivity index (χ4v) is 2.28. The van der Waals surface area contributed by atoms with Gasteiger partial charge >= 0.3 is 0 Å². The summed E-state index contributed by atoms with van der Waals surface area (Å²) >= 11 is 0. The van der Waals surface area contributed by atoms with E-state index in [2.05, 4.69) is 30.6 Å². The van der Waals surface area contributed by atoms with Crippen LogP contribution in [0.15, 0.2) is 49.2 Å². The molecule has 0 saturated carbocycles. The molecule has 1 aromatic carbocycles. The Morgan fingerprint density at radius 2 is 2.00 bits per heavy atom. The minimum absolute atomic E-state index is 0.577. The summed E-state index contributed by atoms with van der Waals surface area (Å²) in [4.78, 5) is 19.4. The van der Waals surface area contributed by atoms with Gasteiger partial charge in [0.05, 0.1) is 18.1 Å². The Bertz CT molecular complexity index is 957. The van der Waals surface area contributed by atoms with Crippen LogP contribution in [0, 0.1) is 0 Å². The van der Waals surface area contributed by atoms with E-state index in [4.69, 9.17) is 0 Å². The largest absolute Gasteiger partial charge is 0.337 e. The van der Waals surface area contributed by atoms with E-state index in [1.807, 2.05) is 12.1 Å². The van der Waals surface area contributed by atoms with E-state index >= 15 is 0 Å². The molecular weight excluding hydrogens is 294 g/mol. The second-order valence-electron chi connectivity index (χ2n) is 4.84. The van der Waals surface area contributed by atoms with Crippen molar-refractivity contribution < 1.29 is 4.79 Å². The number of carbonyl (C=O) groups is 1. The minimum Gasteiger partial charge on any atom is -0.337 e. The normalized spacial score (nSPS) is 10.8. The third-order valence-electron chi connectivity index (χ3n) is 3.41. The van der Waals surface area contributed by atoms with E-state index in [9.17, 15) is 4.79 Å². The molecule has 0 bridgehead atoms. The third-order valence-corrected chi connectivity index (χ3v) is 3.41. The predicted octanol–water partition coefficient (Wildman–Crippen LogP) is 2.07. The Hall–Kier alpha value is -3.55. The number of aromatic amines is 1. The van der Waals surface area contributed by atoms with Crippen LogP contribution in [0.5, 0.6) is 0 Å². The van der Waals surface area contributed by atoms with Gasteiger partial charge in [0.25, 0.3) is 0 Å². The van der Waals surface area contributed by atoms with E-state index in [0.717, 1.165) is 23.2 Å². The lowest BCUT2D eigenvalue weighted by molar-refractivity contribution is 0.112. The molecule has 4 rings (SSSR count). The number of hydrogen-bond acceptors (Lipinski definition) is 6. The van der Waals surface area contributed by atoms with Gasteiger partial charge in [-0.3, -0.25) is 9.89 Å². The first-order valence-electron chi connectivity index (χ1n) is 6.85. The maximum Gasteiger partial charge on any atom is 0.199 e. The summed E-state index contributed by atoms with van der Waals surface area (Å²) < 4.78 is 1.69. The van der Waals surface area contributed by atoms with E-state index in [0.29, 0.717) is 17.0 Å². The first-order chi connectivity index (χ1) is 11.3. The molecule has 3 aromatic heterocycles. The fourth-order valence-electron chi connectivity index (χ4n) is 2.28. The van der Waals surface area contributed by atoms with Crippen LogP contribution in [0.1, 0.15) is 10.4 Å². The van der Waals surface area contributed by atoms with Crippen LogP contribution in [-0.2, 0) is 0 Å². The summed E-state index contributed by atoms with van der Waals surface area (Å²) in [5, 5.41) is 14.1. The summed E-state index contributed by atoms with van der Waals surface area (Å²) in [6, 6.07) is 7.08. The molecule has 0 unspecified atom stereocenters. The van der Waals surface area contributed by atoms with Crippen molar-refractivity contribution in [1.82, 2.24) is 29.8 Å². The maximum atomic E-state index is 10.7. The molecule has 0 aliphatic rings. The summed E-state index contributed by atoms with van der Waals surface area (Å²) in [5.41, 5.74) is 3.68. The topological polar surface area (TPSA) is 101 Å². The number of fused-ring (bicyclic) bond motifs is 1. The van der Waals surface area contributed by atoms with Crippen LogP contribution in [-0.4, -0.2) is 36.1 Å². The zero-order valence-electron chi connectivity index (χ0n) is 11.8. The Labute approximate surface area is 130 Å². The van der Waals surface area contributed by atoms with Gasteiger partial charge in [0.2, 0.25) is 0 Å². The molecule has 0 saturated heterocycles. The summed E-state index contributed by atoms with van der Waals surface area (Å²) in [7, 11) is 0. The molecule has 2 N–H and O–H groups in total. The van der Waals surface area contributed by atoms with Gasteiger partial charge in [-0.2, -0.15) is 10.2 Å². The third kappa shape index (κ3) is 2.31. The van der Waals surface area contributed by atoms with E-state index < -0.39 is 0 Å². The zero-order valence-corrected chi connectivity index (χ0v) is 11.8. The average Bonchev–Trinajstić information content (AvgIpc) is 3.28. The molecule has 112 valence electrons. The molecule has 8 heteroatoms. The number of benzene rings is 1. The highest BCUT2D eigenvalue weighted by Gasteiger charge is 2.12. The number of hydrogen-bond donors (Lipinski definition) is 2. The number of H-pyrrole nitrogens is 1. The molecule has 0 aliphatic carbocycles. The van der Waals surface area contributed by atoms with E-state index in [1.165, 1.54) is 6.33 Å². The maximum absolute atomic E-state index is 10.7. The highest BCUT2D eigenvalue weighted by atomic mass is 16.1. The molecule has 0 atom stereocenters. The molecule has 8 nitrogen and oxygen atoms in total. The smallest absolute Gasteiger partial charge is 0.199 e. The zero-order chi connectivity index (χ0) is 15.6. The quantitative estimate of drug-likeness (QED) is 0.560. The van der Waals surface area contributed by atoms with Crippen LogP contribution < -0.4 is 5.32 Å². The first kappa shape index (κ1) is 13.1. The van der Waals surface area contributed by atoms with Gasteiger partial charge < -0.3 is 5.32 Å². The van der Waals surface area contributed by atoms with Crippen LogP contribution in [0.3, 0.4) is 0 Å². The number of rotatable bonds is 4. The van der Waals surface area contributed by atoms with Crippen molar-refractivity contribution in [2.24, 2.45) is 0 Å². The lowest BCUT2D eigenvalue weighted by Gasteiger charge is -2.08. The van der Waals surface area contributed by atoms with Crippen molar-refractivity contribution in [3.05, 3.63) is 54.7 Å². The molecular formula is C15H11N7O. The van der Waals surface area contributed by atoms with E-state index in [-0.39, 0.29) is 0 Å². The summed E-state index contributed by atoms with van der Waals surface area (Å²) in [6.45, 7) is 0. The van der Waals surface area contributed by atoms with Gasteiger partial charge in [0, 0.05) is 23.0 Å². The number of anilines is 2. The average molecular weight is 305 g/mol. The SMILES string of the molecule is O=Cc1ccc(Nc2ncc(-c3cn[nH]c3)n3ncnc23)cc1. The molecule has 0 fully saturated rings. The molecule has 0 radical (unpaired) electrons. The number of nitrogens with zero attached hydrogens (tertiary/aromatic N) is 5. The molecule has 23 heavy (non-hydrogen) atoms. The van der Waals surface area contributed by atoms with Crippen molar-refractivity contribution in [3.63, 3.8) is 0 Å². The lowest BCUT2D eigenvalue weighted by atomic mass is 10.2. The van der Waals surface area contributed by atoms with Crippen molar-refractivity contribution in [2.75, 3.05) is 5.32 Å². The standard InChI is InChI=1S/C15H11N7O/c23-8-10-1-3-12(4-2-10)21-14-15-17-9-20-22(15)13(7-16-14)11-5-18-19-6-11/h1-9H,(H,16,21)(H,18,19). The van der Waals surface area contributed by atoms with Crippen LogP contribution in [0.25, 0.3) is 16.9 Å². The Balaban J connectivity index is 1.75. The second kappa shape index (κ2) is 5.34. The van der Waals surface area contributed by atoms with Crippen LogP contribution >= 0.6 is 0 Å². The van der Waals surface area contributed by atoms with Crippen molar-refractivity contribution >= 4 is 23.4 Å². The monoisotopic (exact) mass is 305 g/mol. The Morgan fingerprint density at radius 1 is 1.13 bits per heavy atom. The second-order valence-corrected chi connectivity index (χ2v) is 4.84. The van der Waals surface area contributed by atoms with Crippen LogP contribution in [0.2, 0.25) is 0 Å². The Kier molecular flexibility index (Phi) is 3.05. The molecule has 0 aliphatic heterocycles. The minimum atomic E-state index is 0.577. The lowest BCUT2D eigenvalue weighted by Crippen LogP contribution is -2.01. The van der Waals surface area contributed by atoms with Crippen molar-refractivity contribution in [2.45, 2.75) is 0 Å². The number of aromatic nitrogens is 6. The number of aldehydes is 1. The fraction of sp³-hybridized carbons (Fsp3) is 0. The highest BCUT2D eigenvalue weighted by molar-refractivity contribution is 5.77. The van der Waals surface area contributed by atoms with Crippen LogP contribution in [0.4, 0.5) is 11.5 Å². The molecule has 0 spiro atoms. The molecule has 4 aromatic rings. The number of carbonyl (C=O) groups excluding carboxylic acids is 1. The van der Waals surface area contributed by atoms with Gasteiger partial charge in [-0.15, -0.1) is 0 Å². The summed E-state index contributed by atoms with van der Waals surface area (Å²) in [6.07, 6.45) is 7.45. The highest BCUT2D eigenvalue weighted by Crippen LogP contribution is 2.23. The Morgan fingerprint density at radius 3 is 2.74 bits per heavy atom. The van der Waals surface area contributed by atoms with Gasteiger partial charge in [0.1, 0.15) is 12.6 Å². The van der Waals surface area contributed by atoms with Gasteiger partial charge in [0.15, 0.2) is 11.5 Å². The number of nitrogens with one attached hydrogen (secondary N) is 2. The first-order valence-corrected chi connectivity index (χ1v) is 6.85. The van der Waals surface area contributed by atoms with Crippen molar-refractivity contribution in [3.8, 4) is 11.3 Å².